The summed E-state index contributed by atoms with van der Waals surface area (Å²) in [7, 11) is 1.92. The molecule has 1 aromatic heterocycles. The van der Waals surface area contributed by atoms with Gasteiger partial charge < -0.3 is 15.2 Å². The maximum absolute atomic E-state index is 4.42. The van der Waals surface area contributed by atoms with E-state index >= 15 is 0 Å². The topological polar surface area (TPSA) is 67.1 Å². The molecule has 0 atom stereocenters. The minimum Gasteiger partial charge on any atom is -0.353 e. The molecule has 0 saturated heterocycles. The molecule has 0 aliphatic rings. The van der Waals surface area contributed by atoms with Gasteiger partial charge in [0.05, 0.1) is 0 Å². The van der Waals surface area contributed by atoms with Gasteiger partial charge in [0, 0.05) is 20.1 Å². The molecule has 0 spiro atoms. The number of aliphatic imine (C=N–C) groups is 1. The third kappa shape index (κ3) is 5.86. The van der Waals surface area contributed by atoms with Gasteiger partial charge in [-0.2, -0.15) is 0 Å². The number of rotatable bonds is 6. The van der Waals surface area contributed by atoms with E-state index in [1.54, 1.807) is 12.2 Å². The average Bonchev–Trinajstić information content (AvgIpc) is 2.69. The Morgan fingerprint density at radius 2 is 1.84 bits per heavy atom. The fourth-order valence-electron chi connectivity index (χ4n) is 1.25. The van der Waals surface area contributed by atoms with Crippen molar-refractivity contribution in [2.45, 2.75) is 13.5 Å². The third-order valence-corrected chi connectivity index (χ3v) is 2.39. The molecule has 1 aromatic rings. The Labute approximate surface area is 131 Å². The number of halogens is 1. The second kappa shape index (κ2) is 9.54. The molecule has 0 bridgehead atoms. The molecule has 0 saturated carbocycles. The van der Waals surface area contributed by atoms with Crippen molar-refractivity contribution in [3.05, 3.63) is 37.0 Å². The van der Waals surface area contributed by atoms with Crippen molar-refractivity contribution in [3.8, 4) is 0 Å². The summed E-state index contributed by atoms with van der Waals surface area (Å²) < 4.78 is 1.92. The third-order valence-electron chi connectivity index (χ3n) is 2.39. The van der Waals surface area contributed by atoms with Gasteiger partial charge >= 0.3 is 0 Å². The highest BCUT2D eigenvalue weighted by Crippen LogP contribution is 1.98. The van der Waals surface area contributed by atoms with Crippen LogP contribution in [0.25, 0.3) is 0 Å². The van der Waals surface area contributed by atoms with Crippen LogP contribution in [0.2, 0.25) is 0 Å². The first-order valence-corrected chi connectivity index (χ1v) is 5.78. The predicted molar refractivity (Wildman–Crippen MR) is 88.7 cm³/mol. The first-order valence-electron chi connectivity index (χ1n) is 5.78. The van der Waals surface area contributed by atoms with E-state index in [-0.39, 0.29) is 24.0 Å². The van der Waals surface area contributed by atoms with E-state index in [0.717, 1.165) is 11.6 Å². The number of aromatic nitrogens is 3. The summed E-state index contributed by atoms with van der Waals surface area (Å²) in [5.41, 5.74) is 0. The van der Waals surface area contributed by atoms with Gasteiger partial charge in [0.2, 0.25) is 0 Å². The molecule has 1 rings (SSSR count). The first-order chi connectivity index (χ1) is 8.69. The Morgan fingerprint density at radius 3 is 2.26 bits per heavy atom. The molecule has 2 N–H and O–H groups in total. The summed E-state index contributed by atoms with van der Waals surface area (Å²) in [6.45, 7) is 11.0. The Hall–Kier alpha value is -1.38. The van der Waals surface area contributed by atoms with Crippen LogP contribution in [-0.2, 0) is 13.6 Å². The molecular weight excluding hydrogens is 355 g/mol. The highest BCUT2D eigenvalue weighted by molar-refractivity contribution is 14.0. The van der Waals surface area contributed by atoms with Gasteiger partial charge in [-0.15, -0.1) is 47.3 Å². The quantitative estimate of drug-likeness (QED) is 0.338. The van der Waals surface area contributed by atoms with E-state index in [0.29, 0.717) is 25.6 Å². The van der Waals surface area contributed by atoms with Gasteiger partial charge in [0.25, 0.3) is 0 Å². The predicted octanol–water partition coefficient (Wildman–Crippen LogP) is 1.15. The summed E-state index contributed by atoms with van der Waals surface area (Å²) in [6, 6.07) is 0. The lowest BCUT2D eigenvalue weighted by Gasteiger charge is -2.09. The number of guanidine groups is 1. The van der Waals surface area contributed by atoms with Crippen LogP contribution in [0.1, 0.15) is 11.6 Å². The van der Waals surface area contributed by atoms with Gasteiger partial charge in [-0.3, -0.25) is 0 Å². The van der Waals surface area contributed by atoms with Crippen LogP contribution in [0.15, 0.2) is 30.3 Å². The monoisotopic (exact) mass is 376 g/mol. The minimum absolute atomic E-state index is 0. The SMILES string of the molecule is C=CCNC(=NCc1nnc(C)n1C)NCC=C.I. The lowest BCUT2D eigenvalue weighted by atomic mass is 10.5. The van der Waals surface area contributed by atoms with E-state index in [1.165, 1.54) is 0 Å². The van der Waals surface area contributed by atoms with E-state index in [9.17, 15) is 0 Å². The molecule has 7 heteroatoms. The van der Waals surface area contributed by atoms with Gasteiger partial charge in [0.15, 0.2) is 11.8 Å². The molecule has 106 valence electrons. The lowest BCUT2D eigenvalue weighted by molar-refractivity contribution is 0.765. The van der Waals surface area contributed by atoms with Crippen molar-refractivity contribution in [3.63, 3.8) is 0 Å². The maximum Gasteiger partial charge on any atom is 0.192 e. The molecule has 0 amide bonds. The first kappa shape index (κ1) is 17.6. The molecule has 0 aliphatic heterocycles. The van der Waals surface area contributed by atoms with E-state index < -0.39 is 0 Å². The second-order valence-electron chi connectivity index (χ2n) is 3.73. The molecule has 0 aliphatic carbocycles. The summed E-state index contributed by atoms with van der Waals surface area (Å²) in [4.78, 5) is 4.42. The van der Waals surface area contributed by atoms with E-state index in [2.05, 4.69) is 39.0 Å². The van der Waals surface area contributed by atoms with Crippen LogP contribution < -0.4 is 10.6 Å². The molecule has 6 nitrogen and oxygen atoms in total. The Morgan fingerprint density at radius 1 is 1.26 bits per heavy atom. The number of aryl methyl sites for hydroxylation is 1. The smallest absolute Gasteiger partial charge is 0.192 e. The zero-order valence-corrected chi connectivity index (χ0v) is 13.7. The zero-order valence-electron chi connectivity index (χ0n) is 11.4. The van der Waals surface area contributed by atoms with Crippen molar-refractivity contribution < 1.29 is 0 Å². The Bertz CT molecular complexity index is 423. The number of hydrogen-bond donors (Lipinski definition) is 2. The fraction of sp³-hybridized carbons (Fsp3) is 0.417. The number of nitrogens with one attached hydrogen (secondary N) is 2. The Balaban J connectivity index is 0.00000324. The zero-order chi connectivity index (χ0) is 13.4. The number of hydrogen-bond acceptors (Lipinski definition) is 3. The summed E-state index contributed by atoms with van der Waals surface area (Å²) in [5.74, 6) is 2.40. The minimum atomic E-state index is 0. The summed E-state index contributed by atoms with van der Waals surface area (Å²) >= 11 is 0. The molecule has 19 heavy (non-hydrogen) atoms. The summed E-state index contributed by atoms with van der Waals surface area (Å²) in [6.07, 6.45) is 3.55. The fourth-order valence-corrected chi connectivity index (χ4v) is 1.25. The average molecular weight is 376 g/mol. The van der Waals surface area contributed by atoms with Crippen molar-refractivity contribution in [1.82, 2.24) is 25.4 Å². The normalized spacial score (nSPS) is 9.16. The van der Waals surface area contributed by atoms with Crippen LogP contribution in [-0.4, -0.2) is 33.8 Å². The van der Waals surface area contributed by atoms with Crippen molar-refractivity contribution in [2.75, 3.05) is 13.1 Å². The van der Waals surface area contributed by atoms with Crippen LogP contribution in [0.3, 0.4) is 0 Å². The molecule has 0 unspecified atom stereocenters. The molecular formula is C12H21IN6. The highest BCUT2D eigenvalue weighted by atomic mass is 127. The van der Waals surface area contributed by atoms with Crippen molar-refractivity contribution in [1.29, 1.82) is 0 Å². The molecule has 0 fully saturated rings. The van der Waals surface area contributed by atoms with Crippen LogP contribution in [0.4, 0.5) is 0 Å². The van der Waals surface area contributed by atoms with Gasteiger partial charge in [-0.1, -0.05) is 12.2 Å². The number of nitrogens with zero attached hydrogens (tertiary/aromatic N) is 4. The van der Waals surface area contributed by atoms with Gasteiger partial charge in [-0.05, 0) is 6.92 Å². The van der Waals surface area contributed by atoms with E-state index in [1.807, 2.05) is 18.5 Å². The highest BCUT2D eigenvalue weighted by Gasteiger charge is 2.04. The van der Waals surface area contributed by atoms with Crippen LogP contribution in [0, 0.1) is 6.92 Å². The van der Waals surface area contributed by atoms with Crippen molar-refractivity contribution >= 4 is 29.9 Å². The standard InChI is InChI=1S/C12H20N6.HI/c1-5-7-13-12(14-8-6-2)15-9-11-17-16-10(3)18(11)4;/h5-6H,1-2,7-9H2,3-4H3,(H2,13,14,15);1H. The van der Waals surface area contributed by atoms with E-state index in [4.69, 9.17) is 0 Å². The van der Waals surface area contributed by atoms with Gasteiger partial charge in [0.1, 0.15) is 12.4 Å². The maximum atomic E-state index is 4.42. The lowest BCUT2D eigenvalue weighted by Crippen LogP contribution is -2.37. The van der Waals surface area contributed by atoms with Crippen LogP contribution >= 0.6 is 24.0 Å². The van der Waals surface area contributed by atoms with Crippen LogP contribution in [0.5, 0.6) is 0 Å². The largest absolute Gasteiger partial charge is 0.353 e. The second-order valence-corrected chi connectivity index (χ2v) is 3.73. The van der Waals surface area contributed by atoms with Crippen molar-refractivity contribution in [2.24, 2.45) is 12.0 Å². The Kier molecular flexibility index (Phi) is 8.84. The molecule has 1 heterocycles. The van der Waals surface area contributed by atoms with Gasteiger partial charge in [-0.25, -0.2) is 4.99 Å². The summed E-state index contributed by atoms with van der Waals surface area (Å²) in [5, 5.41) is 14.3. The molecule has 0 radical (unpaired) electrons. The molecule has 0 aromatic carbocycles.